The number of sulfonamides is 1. The lowest BCUT2D eigenvalue weighted by atomic mass is 10.2. The van der Waals surface area contributed by atoms with Gasteiger partial charge in [0, 0.05) is 17.8 Å². The number of hydrogen-bond donors (Lipinski definition) is 2. The van der Waals surface area contributed by atoms with Gasteiger partial charge >= 0.3 is 0 Å². The lowest BCUT2D eigenvalue weighted by molar-refractivity contribution is 0.0958. The average Bonchev–Trinajstić information content (AvgIpc) is 2.54. The first kappa shape index (κ1) is 16.7. The van der Waals surface area contributed by atoms with E-state index >= 15 is 0 Å². The number of anilines is 1. The fourth-order valence-corrected chi connectivity index (χ4v) is 2.84. The highest BCUT2D eigenvalue weighted by molar-refractivity contribution is 7.92. The number of rotatable bonds is 6. The SMILES string of the molecule is C=CCNC(=O)c1ccc(S(=O)(=O)Nc2ccc(F)cc2)cc1. The predicted octanol–water partition coefficient (Wildman–Crippen LogP) is 2.54. The van der Waals surface area contributed by atoms with Crippen molar-refractivity contribution < 1.29 is 17.6 Å². The van der Waals surface area contributed by atoms with E-state index in [9.17, 15) is 17.6 Å². The zero-order valence-electron chi connectivity index (χ0n) is 12.1. The molecule has 7 heteroatoms. The van der Waals surface area contributed by atoms with Crippen LogP contribution in [-0.4, -0.2) is 20.9 Å². The van der Waals surface area contributed by atoms with Gasteiger partial charge in [-0.1, -0.05) is 6.08 Å². The van der Waals surface area contributed by atoms with Crippen LogP contribution in [0.15, 0.2) is 66.1 Å². The quantitative estimate of drug-likeness (QED) is 0.797. The normalized spacial score (nSPS) is 10.8. The van der Waals surface area contributed by atoms with Gasteiger partial charge in [0.25, 0.3) is 15.9 Å². The van der Waals surface area contributed by atoms with Crippen molar-refractivity contribution in [2.24, 2.45) is 0 Å². The minimum atomic E-state index is -3.81. The molecule has 0 unspecified atom stereocenters. The Morgan fingerprint density at radius 3 is 2.26 bits per heavy atom. The van der Waals surface area contributed by atoms with Crippen LogP contribution in [0.5, 0.6) is 0 Å². The molecule has 2 rings (SSSR count). The summed E-state index contributed by atoms with van der Waals surface area (Å²) in [6.07, 6.45) is 1.54. The molecule has 0 radical (unpaired) electrons. The molecule has 0 spiro atoms. The second-order valence-electron chi connectivity index (χ2n) is 4.64. The molecule has 2 N–H and O–H groups in total. The summed E-state index contributed by atoms with van der Waals surface area (Å²) in [5, 5.41) is 2.59. The van der Waals surface area contributed by atoms with Crippen molar-refractivity contribution in [2.45, 2.75) is 4.90 Å². The zero-order valence-corrected chi connectivity index (χ0v) is 12.9. The van der Waals surface area contributed by atoms with Crippen molar-refractivity contribution in [1.29, 1.82) is 0 Å². The maximum absolute atomic E-state index is 12.8. The lowest BCUT2D eigenvalue weighted by Crippen LogP contribution is -2.23. The number of amides is 1. The number of carbonyl (C=O) groups is 1. The topological polar surface area (TPSA) is 75.3 Å². The number of hydrogen-bond acceptors (Lipinski definition) is 3. The van der Waals surface area contributed by atoms with Crippen LogP contribution < -0.4 is 10.0 Å². The summed E-state index contributed by atoms with van der Waals surface area (Å²) >= 11 is 0. The van der Waals surface area contributed by atoms with E-state index in [2.05, 4.69) is 16.6 Å². The maximum Gasteiger partial charge on any atom is 0.261 e. The largest absolute Gasteiger partial charge is 0.349 e. The Morgan fingerprint density at radius 1 is 1.09 bits per heavy atom. The molecule has 0 fully saturated rings. The van der Waals surface area contributed by atoms with Crippen molar-refractivity contribution in [3.63, 3.8) is 0 Å². The van der Waals surface area contributed by atoms with Gasteiger partial charge in [-0.15, -0.1) is 6.58 Å². The Bertz CT molecular complexity index is 800. The zero-order chi connectivity index (χ0) is 16.9. The van der Waals surface area contributed by atoms with Gasteiger partial charge in [-0.25, -0.2) is 12.8 Å². The van der Waals surface area contributed by atoms with Gasteiger partial charge in [-0.2, -0.15) is 0 Å². The Morgan fingerprint density at radius 2 is 1.70 bits per heavy atom. The molecule has 0 aromatic heterocycles. The van der Waals surface area contributed by atoms with Gasteiger partial charge in [0.1, 0.15) is 5.82 Å². The fourth-order valence-electron chi connectivity index (χ4n) is 1.78. The number of nitrogens with one attached hydrogen (secondary N) is 2. The maximum atomic E-state index is 12.8. The van der Waals surface area contributed by atoms with Gasteiger partial charge in [0.2, 0.25) is 0 Å². The molecule has 0 aliphatic carbocycles. The minimum Gasteiger partial charge on any atom is -0.349 e. The first-order valence-corrected chi connectivity index (χ1v) is 8.18. The molecular formula is C16H15FN2O3S. The van der Waals surface area contributed by atoms with Crippen LogP contribution in [0.1, 0.15) is 10.4 Å². The second kappa shape index (κ2) is 7.06. The Balaban J connectivity index is 2.15. The summed E-state index contributed by atoms with van der Waals surface area (Å²) in [6.45, 7) is 3.82. The molecular weight excluding hydrogens is 319 g/mol. The van der Waals surface area contributed by atoms with Crippen LogP contribution in [0.25, 0.3) is 0 Å². The molecule has 1 amide bonds. The highest BCUT2D eigenvalue weighted by Crippen LogP contribution is 2.17. The van der Waals surface area contributed by atoms with Crippen molar-refractivity contribution in [2.75, 3.05) is 11.3 Å². The van der Waals surface area contributed by atoms with E-state index in [0.717, 1.165) is 12.1 Å². The summed E-state index contributed by atoms with van der Waals surface area (Å²) in [5.74, 6) is -0.775. The molecule has 0 saturated carbocycles. The van der Waals surface area contributed by atoms with E-state index < -0.39 is 15.8 Å². The molecule has 0 aliphatic heterocycles. The number of halogens is 1. The van der Waals surface area contributed by atoms with Crippen molar-refractivity contribution >= 4 is 21.6 Å². The lowest BCUT2D eigenvalue weighted by Gasteiger charge is -2.09. The summed E-state index contributed by atoms with van der Waals surface area (Å²) < 4.78 is 39.6. The molecule has 0 heterocycles. The van der Waals surface area contributed by atoms with Crippen LogP contribution in [0.3, 0.4) is 0 Å². The minimum absolute atomic E-state index is 0.00194. The molecule has 5 nitrogen and oxygen atoms in total. The van der Waals surface area contributed by atoms with Crippen LogP contribution in [-0.2, 0) is 10.0 Å². The van der Waals surface area contributed by atoms with E-state index in [-0.39, 0.29) is 16.5 Å². The average molecular weight is 334 g/mol. The predicted molar refractivity (Wildman–Crippen MR) is 86.2 cm³/mol. The van der Waals surface area contributed by atoms with Crippen LogP contribution >= 0.6 is 0 Å². The highest BCUT2D eigenvalue weighted by Gasteiger charge is 2.15. The summed E-state index contributed by atoms with van der Waals surface area (Å²) in [5.41, 5.74) is 0.590. The molecule has 120 valence electrons. The van der Waals surface area contributed by atoms with Crippen LogP contribution in [0.4, 0.5) is 10.1 Å². The molecule has 0 bridgehead atoms. The third-order valence-electron chi connectivity index (χ3n) is 2.93. The van der Waals surface area contributed by atoms with Gasteiger partial charge in [-0.3, -0.25) is 9.52 Å². The number of benzene rings is 2. The third kappa shape index (κ3) is 4.40. The Labute approximate surface area is 133 Å². The van der Waals surface area contributed by atoms with E-state index in [4.69, 9.17) is 0 Å². The van der Waals surface area contributed by atoms with Crippen LogP contribution in [0.2, 0.25) is 0 Å². The van der Waals surface area contributed by atoms with Gasteiger partial charge < -0.3 is 5.32 Å². The second-order valence-corrected chi connectivity index (χ2v) is 6.32. The molecule has 2 aromatic rings. The van der Waals surface area contributed by atoms with Gasteiger partial charge in [0.15, 0.2) is 0 Å². The van der Waals surface area contributed by atoms with E-state index in [1.165, 1.54) is 36.4 Å². The smallest absolute Gasteiger partial charge is 0.261 e. The highest BCUT2D eigenvalue weighted by atomic mass is 32.2. The van der Waals surface area contributed by atoms with E-state index in [0.29, 0.717) is 12.1 Å². The Kier molecular flexibility index (Phi) is 5.13. The van der Waals surface area contributed by atoms with Gasteiger partial charge in [0.05, 0.1) is 4.90 Å². The first-order valence-electron chi connectivity index (χ1n) is 6.70. The van der Waals surface area contributed by atoms with Crippen molar-refractivity contribution in [1.82, 2.24) is 5.32 Å². The van der Waals surface area contributed by atoms with Crippen molar-refractivity contribution in [3.8, 4) is 0 Å². The molecule has 23 heavy (non-hydrogen) atoms. The molecule has 0 saturated heterocycles. The fraction of sp³-hybridized carbons (Fsp3) is 0.0625. The summed E-state index contributed by atoms with van der Waals surface area (Å²) in [7, 11) is -3.81. The van der Waals surface area contributed by atoms with E-state index in [1.54, 1.807) is 6.08 Å². The number of carbonyl (C=O) groups excluding carboxylic acids is 1. The van der Waals surface area contributed by atoms with E-state index in [1.807, 2.05) is 0 Å². The first-order chi connectivity index (χ1) is 10.9. The molecule has 2 aromatic carbocycles. The Hall–Kier alpha value is -2.67. The monoisotopic (exact) mass is 334 g/mol. The molecule has 0 aliphatic rings. The summed E-state index contributed by atoms with van der Waals surface area (Å²) in [6, 6.07) is 10.4. The third-order valence-corrected chi connectivity index (χ3v) is 4.33. The summed E-state index contributed by atoms with van der Waals surface area (Å²) in [4.78, 5) is 11.7. The van der Waals surface area contributed by atoms with Crippen LogP contribution in [0, 0.1) is 5.82 Å². The molecule has 0 atom stereocenters. The van der Waals surface area contributed by atoms with Gasteiger partial charge in [-0.05, 0) is 48.5 Å². The van der Waals surface area contributed by atoms with Crippen molar-refractivity contribution in [3.05, 3.63) is 72.6 Å². The standard InChI is InChI=1S/C16H15FN2O3S/c1-2-11-18-16(20)12-3-9-15(10-4-12)23(21,22)19-14-7-5-13(17)6-8-14/h2-10,19H,1,11H2,(H,18,20).